The third-order valence-electron chi connectivity index (χ3n) is 4.55. The van der Waals surface area contributed by atoms with Crippen LogP contribution in [0.1, 0.15) is 22.3 Å². The number of rotatable bonds is 6. The van der Waals surface area contributed by atoms with Crippen molar-refractivity contribution < 1.29 is 18.6 Å². The summed E-state index contributed by atoms with van der Waals surface area (Å²) >= 11 is 0. The van der Waals surface area contributed by atoms with Gasteiger partial charge < -0.3 is 24.8 Å². The minimum Gasteiger partial charge on any atom is -0.496 e. The van der Waals surface area contributed by atoms with Crippen LogP contribution in [-0.2, 0) is 24.3 Å². The largest absolute Gasteiger partial charge is 0.496 e. The highest BCUT2D eigenvalue weighted by atomic mass is 19.1. The Kier molecular flexibility index (Phi) is 6.71. The molecule has 0 unspecified atom stereocenters. The SMILES string of the molecule is CN=C(NCCc1cc(F)cc2c1OCOC2)NCc1ccc(C)cc1OC. The number of ether oxygens (including phenoxy) is 3. The fraction of sp³-hybridized carbons (Fsp3) is 0.381. The second kappa shape index (κ2) is 9.41. The molecule has 0 fully saturated rings. The first-order valence-electron chi connectivity index (χ1n) is 9.20. The Morgan fingerprint density at radius 2 is 2.07 bits per heavy atom. The standard InChI is InChI=1S/C21H26FN3O3/c1-14-4-5-16(19(8-14)26-3)11-25-21(23-2)24-7-6-15-9-18(22)10-17-12-27-13-28-20(15)17/h4-5,8-10H,6-7,11-13H2,1-3H3,(H2,23,24,25). The van der Waals surface area contributed by atoms with E-state index in [9.17, 15) is 4.39 Å². The molecule has 7 heteroatoms. The highest BCUT2D eigenvalue weighted by Gasteiger charge is 2.16. The maximum Gasteiger partial charge on any atom is 0.191 e. The Morgan fingerprint density at radius 1 is 1.21 bits per heavy atom. The van der Waals surface area contributed by atoms with Gasteiger partial charge in [0.1, 0.15) is 17.3 Å². The van der Waals surface area contributed by atoms with Gasteiger partial charge in [0.25, 0.3) is 0 Å². The minimum absolute atomic E-state index is 0.195. The van der Waals surface area contributed by atoms with Crippen LogP contribution in [0.15, 0.2) is 35.3 Å². The van der Waals surface area contributed by atoms with Crippen molar-refractivity contribution in [1.82, 2.24) is 10.6 Å². The molecular weight excluding hydrogens is 361 g/mol. The number of benzene rings is 2. The first kappa shape index (κ1) is 19.9. The van der Waals surface area contributed by atoms with Gasteiger partial charge in [-0.25, -0.2) is 4.39 Å². The number of hydrogen-bond acceptors (Lipinski definition) is 4. The molecule has 0 amide bonds. The average Bonchev–Trinajstić information content (AvgIpc) is 2.70. The molecule has 6 nitrogen and oxygen atoms in total. The number of guanidine groups is 1. The molecule has 2 N–H and O–H groups in total. The Bertz CT molecular complexity index is 855. The number of hydrogen-bond donors (Lipinski definition) is 2. The summed E-state index contributed by atoms with van der Waals surface area (Å²) in [6.45, 7) is 3.76. The molecule has 0 bridgehead atoms. The van der Waals surface area contributed by atoms with Crippen LogP contribution in [0.2, 0.25) is 0 Å². The fourth-order valence-electron chi connectivity index (χ4n) is 3.16. The van der Waals surface area contributed by atoms with E-state index in [4.69, 9.17) is 14.2 Å². The highest BCUT2D eigenvalue weighted by Crippen LogP contribution is 2.29. The quantitative estimate of drug-likeness (QED) is 0.589. The van der Waals surface area contributed by atoms with Gasteiger partial charge in [-0.1, -0.05) is 12.1 Å². The molecule has 150 valence electrons. The van der Waals surface area contributed by atoms with E-state index in [0.717, 1.165) is 33.8 Å². The Hall–Kier alpha value is -2.80. The van der Waals surface area contributed by atoms with E-state index in [2.05, 4.69) is 15.6 Å². The van der Waals surface area contributed by atoms with Crippen molar-refractivity contribution in [3.8, 4) is 11.5 Å². The molecule has 1 aliphatic rings. The van der Waals surface area contributed by atoms with E-state index >= 15 is 0 Å². The predicted octanol–water partition coefficient (Wildman–Crippen LogP) is 2.92. The molecule has 0 saturated carbocycles. The van der Waals surface area contributed by atoms with Gasteiger partial charge in [0, 0.05) is 31.3 Å². The first-order chi connectivity index (χ1) is 13.6. The molecule has 0 saturated heterocycles. The summed E-state index contributed by atoms with van der Waals surface area (Å²) in [5.41, 5.74) is 3.76. The smallest absolute Gasteiger partial charge is 0.191 e. The van der Waals surface area contributed by atoms with Gasteiger partial charge in [0.15, 0.2) is 12.8 Å². The highest BCUT2D eigenvalue weighted by molar-refractivity contribution is 5.79. The molecule has 28 heavy (non-hydrogen) atoms. The molecule has 0 aliphatic carbocycles. The monoisotopic (exact) mass is 387 g/mol. The van der Waals surface area contributed by atoms with Crippen LogP contribution in [-0.4, -0.2) is 33.5 Å². The average molecular weight is 387 g/mol. The minimum atomic E-state index is -0.281. The fourth-order valence-corrected chi connectivity index (χ4v) is 3.16. The summed E-state index contributed by atoms with van der Waals surface area (Å²) in [6, 6.07) is 9.06. The van der Waals surface area contributed by atoms with Gasteiger partial charge in [0.2, 0.25) is 0 Å². The summed E-state index contributed by atoms with van der Waals surface area (Å²) in [7, 11) is 3.38. The van der Waals surface area contributed by atoms with Crippen LogP contribution < -0.4 is 20.1 Å². The van der Waals surface area contributed by atoms with Gasteiger partial charge in [-0.05, 0) is 42.7 Å². The van der Waals surface area contributed by atoms with Crippen molar-refractivity contribution >= 4 is 5.96 Å². The maximum atomic E-state index is 13.8. The van der Waals surface area contributed by atoms with Crippen LogP contribution in [0.3, 0.4) is 0 Å². The summed E-state index contributed by atoms with van der Waals surface area (Å²) < 4.78 is 30.1. The summed E-state index contributed by atoms with van der Waals surface area (Å²) in [5.74, 6) is 1.95. The van der Waals surface area contributed by atoms with E-state index in [1.807, 2.05) is 25.1 Å². The van der Waals surface area contributed by atoms with Crippen molar-refractivity contribution in [2.45, 2.75) is 26.5 Å². The predicted molar refractivity (Wildman–Crippen MR) is 106 cm³/mol. The molecule has 0 aromatic heterocycles. The lowest BCUT2D eigenvalue weighted by Gasteiger charge is -2.21. The normalized spacial score (nSPS) is 13.5. The third-order valence-corrected chi connectivity index (χ3v) is 4.55. The first-order valence-corrected chi connectivity index (χ1v) is 9.20. The third kappa shape index (κ3) is 4.92. The second-order valence-corrected chi connectivity index (χ2v) is 6.58. The lowest BCUT2D eigenvalue weighted by Crippen LogP contribution is -2.38. The van der Waals surface area contributed by atoms with E-state index in [1.54, 1.807) is 14.2 Å². The number of aliphatic imine (C=N–C) groups is 1. The molecule has 3 rings (SSSR count). The van der Waals surface area contributed by atoms with Crippen LogP contribution in [0.25, 0.3) is 0 Å². The van der Waals surface area contributed by atoms with Crippen molar-refractivity contribution in [2.75, 3.05) is 27.5 Å². The van der Waals surface area contributed by atoms with Crippen LogP contribution in [0.4, 0.5) is 4.39 Å². The number of nitrogens with zero attached hydrogens (tertiary/aromatic N) is 1. The van der Waals surface area contributed by atoms with Crippen molar-refractivity contribution in [2.24, 2.45) is 4.99 Å². The van der Waals surface area contributed by atoms with E-state index < -0.39 is 0 Å². The molecule has 2 aromatic carbocycles. The Morgan fingerprint density at radius 3 is 2.86 bits per heavy atom. The van der Waals surface area contributed by atoms with Gasteiger partial charge in [0.05, 0.1) is 13.7 Å². The second-order valence-electron chi connectivity index (χ2n) is 6.58. The lowest BCUT2D eigenvalue weighted by molar-refractivity contribution is -0.0172. The molecule has 0 radical (unpaired) electrons. The van der Waals surface area contributed by atoms with E-state index in [0.29, 0.717) is 32.1 Å². The Labute approximate surface area is 164 Å². The zero-order valence-electron chi connectivity index (χ0n) is 16.5. The number of aryl methyl sites for hydroxylation is 1. The Balaban J connectivity index is 1.56. The summed E-state index contributed by atoms with van der Waals surface area (Å²) in [6.07, 6.45) is 0.606. The van der Waals surface area contributed by atoms with Gasteiger partial charge >= 0.3 is 0 Å². The van der Waals surface area contributed by atoms with Crippen LogP contribution >= 0.6 is 0 Å². The molecule has 0 spiro atoms. The van der Waals surface area contributed by atoms with E-state index in [-0.39, 0.29) is 12.6 Å². The van der Waals surface area contributed by atoms with E-state index in [1.165, 1.54) is 12.1 Å². The maximum absolute atomic E-state index is 13.8. The van der Waals surface area contributed by atoms with Crippen molar-refractivity contribution in [3.05, 3.63) is 58.4 Å². The summed E-state index contributed by atoms with van der Waals surface area (Å²) in [4.78, 5) is 4.24. The zero-order valence-corrected chi connectivity index (χ0v) is 16.5. The molecular formula is C21H26FN3O3. The van der Waals surface area contributed by atoms with Gasteiger partial charge in [-0.2, -0.15) is 0 Å². The molecule has 1 heterocycles. The number of methoxy groups -OCH3 is 1. The van der Waals surface area contributed by atoms with Gasteiger partial charge in [-0.3, -0.25) is 4.99 Å². The number of fused-ring (bicyclic) bond motifs is 1. The zero-order chi connectivity index (χ0) is 19.9. The molecule has 1 aliphatic heterocycles. The summed E-state index contributed by atoms with van der Waals surface area (Å²) in [5, 5.41) is 6.53. The topological polar surface area (TPSA) is 64.1 Å². The number of nitrogens with one attached hydrogen (secondary N) is 2. The van der Waals surface area contributed by atoms with Crippen molar-refractivity contribution in [1.29, 1.82) is 0 Å². The van der Waals surface area contributed by atoms with Crippen LogP contribution in [0.5, 0.6) is 11.5 Å². The van der Waals surface area contributed by atoms with Crippen molar-refractivity contribution in [3.63, 3.8) is 0 Å². The molecule has 0 atom stereocenters. The number of halogens is 1. The van der Waals surface area contributed by atoms with Crippen LogP contribution in [0, 0.1) is 12.7 Å². The lowest BCUT2D eigenvalue weighted by atomic mass is 10.1. The molecule has 2 aromatic rings. The van der Waals surface area contributed by atoms with Gasteiger partial charge in [-0.15, -0.1) is 0 Å².